The van der Waals surface area contributed by atoms with Crippen molar-refractivity contribution in [3.05, 3.63) is 0 Å². The molecule has 3 N–H and O–H groups in total. The number of likely N-dealkylation sites (N-methyl/N-ethyl adjacent to an activating group) is 1. The third-order valence-electron chi connectivity index (χ3n) is 10.3. The van der Waals surface area contributed by atoms with Crippen LogP contribution >= 0.6 is 0 Å². The van der Waals surface area contributed by atoms with Crippen molar-refractivity contribution < 1.29 is 53.4 Å². The van der Waals surface area contributed by atoms with E-state index in [9.17, 15) is 29.7 Å². The normalized spacial score (nSPS) is 42.7. The number of carbonyl (C=O) groups is 3. The van der Waals surface area contributed by atoms with E-state index in [4.69, 9.17) is 30.1 Å². The maximum Gasteiger partial charge on any atom is 0.311 e. The number of aliphatic hydroxyl groups excluding tert-OH is 2. The standard InChI is InChI=1S/C35H59NO11/c1-13-15-16-36(11)25-17-20(4)44-33(29(25)45-24(8)37)47-31-22(6)28(39)23(7)32(41)46-26(14-2)35(10,42)30(40)21(5)27(38)19(3)18-34(31,9)43-12/h1,19-23,25-26,28-31,33,39-40,42H,14-18H2,2-12H3/t19-,20-,21+,22+,23-,25+,26-,28+,29-,30-,31-,33?,34-,35-/m1/s1. The molecular weight excluding hydrogens is 610 g/mol. The lowest BCUT2D eigenvalue weighted by molar-refractivity contribution is -0.304. The first-order chi connectivity index (χ1) is 21.8. The molecule has 270 valence electrons. The Balaban J connectivity index is 2.67. The molecule has 14 atom stereocenters. The first kappa shape index (κ1) is 41.1. The summed E-state index contributed by atoms with van der Waals surface area (Å²) < 4.78 is 30.6. The molecule has 12 heteroatoms. The molecule has 0 saturated carbocycles. The minimum atomic E-state index is -1.94. The largest absolute Gasteiger partial charge is 0.459 e. The van der Waals surface area contributed by atoms with Crippen molar-refractivity contribution in [2.75, 3.05) is 20.7 Å². The summed E-state index contributed by atoms with van der Waals surface area (Å²) in [6, 6.07) is -0.316. The Labute approximate surface area is 280 Å². The summed E-state index contributed by atoms with van der Waals surface area (Å²) in [7, 11) is 3.35. The molecule has 47 heavy (non-hydrogen) atoms. The third-order valence-corrected chi connectivity index (χ3v) is 10.3. The molecule has 1 unspecified atom stereocenters. The molecule has 2 rings (SSSR count). The van der Waals surface area contributed by atoms with Gasteiger partial charge in [0.1, 0.15) is 17.5 Å². The van der Waals surface area contributed by atoms with Gasteiger partial charge in [-0.15, -0.1) is 12.3 Å². The molecule has 0 amide bonds. The van der Waals surface area contributed by atoms with Gasteiger partial charge in [0.2, 0.25) is 0 Å². The maximum atomic E-state index is 13.8. The van der Waals surface area contributed by atoms with E-state index in [1.165, 1.54) is 34.8 Å². The summed E-state index contributed by atoms with van der Waals surface area (Å²) in [4.78, 5) is 41.6. The molecule has 12 nitrogen and oxygen atoms in total. The number of terminal acetylenes is 1. The summed E-state index contributed by atoms with van der Waals surface area (Å²) >= 11 is 0. The molecule has 2 saturated heterocycles. The Hall–Kier alpha value is -2.11. The van der Waals surface area contributed by atoms with Gasteiger partial charge in [0.25, 0.3) is 0 Å². The average molecular weight is 670 g/mol. The number of rotatable bonds is 8. The van der Waals surface area contributed by atoms with Crippen LogP contribution in [0.3, 0.4) is 0 Å². The van der Waals surface area contributed by atoms with Crippen LogP contribution in [0.2, 0.25) is 0 Å². The summed E-state index contributed by atoms with van der Waals surface area (Å²) in [5.41, 5.74) is -3.21. The number of methoxy groups -OCH3 is 1. The van der Waals surface area contributed by atoms with Crippen LogP contribution in [-0.4, -0.2) is 119 Å². The number of hydrogen-bond donors (Lipinski definition) is 3. The second-order valence-electron chi connectivity index (χ2n) is 14.1. The highest BCUT2D eigenvalue weighted by Gasteiger charge is 2.52. The Kier molecular flexibility index (Phi) is 14.9. The fourth-order valence-corrected chi connectivity index (χ4v) is 7.22. The van der Waals surface area contributed by atoms with Gasteiger partial charge in [0.05, 0.1) is 42.0 Å². The van der Waals surface area contributed by atoms with Gasteiger partial charge >= 0.3 is 11.9 Å². The van der Waals surface area contributed by atoms with Crippen molar-refractivity contribution >= 4 is 17.7 Å². The number of ether oxygens (including phenoxy) is 5. The quantitative estimate of drug-likeness (QED) is 0.256. The van der Waals surface area contributed by atoms with Crippen LogP contribution in [0.5, 0.6) is 0 Å². The van der Waals surface area contributed by atoms with E-state index in [1.54, 1.807) is 27.7 Å². The molecule has 0 radical (unpaired) electrons. The number of cyclic esters (lactones) is 1. The van der Waals surface area contributed by atoms with Crippen LogP contribution in [0.25, 0.3) is 0 Å². The minimum Gasteiger partial charge on any atom is -0.459 e. The predicted molar refractivity (Wildman–Crippen MR) is 174 cm³/mol. The maximum absolute atomic E-state index is 13.8. The number of nitrogens with zero attached hydrogens (tertiary/aromatic N) is 1. The summed E-state index contributed by atoms with van der Waals surface area (Å²) in [5, 5.41) is 34.3. The molecule has 0 aliphatic carbocycles. The highest BCUT2D eigenvalue weighted by Crippen LogP contribution is 2.39. The monoisotopic (exact) mass is 669 g/mol. The van der Waals surface area contributed by atoms with Gasteiger partial charge in [-0.05, 0) is 54.0 Å². The molecule has 2 aliphatic rings. The molecule has 0 spiro atoms. The van der Waals surface area contributed by atoms with Crippen molar-refractivity contribution in [3.63, 3.8) is 0 Å². The fourth-order valence-electron chi connectivity index (χ4n) is 7.22. The fraction of sp³-hybridized carbons (Fsp3) is 0.857. The van der Waals surface area contributed by atoms with E-state index in [-0.39, 0.29) is 30.8 Å². The van der Waals surface area contributed by atoms with Gasteiger partial charge in [-0.1, -0.05) is 27.7 Å². The lowest BCUT2D eigenvalue weighted by Gasteiger charge is -2.49. The number of ketones is 1. The van der Waals surface area contributed by atoms with Crippen molar-refractivity contribution in [2.24, 2.45) is 23.7 Å². The first-order valence-corrected chi connectivity index (χ1v) is 16.8. The lowest BCUT2D eigenvalue weighted by atomic mass is 9.74. The molecule has 2 aliphatic heterocycles. The predicted octanol–water partition coefficient (Wildman–Crippen LogP) is 2.48. The minimum absolute atomic E-state index is 0.0886. The molecule has 0 aromatic rings. The number of esters is 2. The smallest absolute Gasteiger partial charge is 0.311 e. The molecule has 0 bridgehead atoms. The van der Waals surface area contributed by atoms with Crippen molar-refractivity contribution in [1.29, 1.82) is 0 Å². The summed E-state index contributed by atoms with van der Waals surface area (Å²) in [5.74, 6) is -2.64. The van der Waals surface area contributed by atoms with Crippen molar-refractivity contribution in [1.82, 2.24) is 4.90 Å². The van der Waals surface area contributed by atoms with Gasteiger partial charge < -0.3 is 39.0 Å². The van der Waals surface area contributed by atoms with Crippen LogP contribution in [0.1, 0.15) is 88.0 Å². The van der Waals surface area contributed by atoms with Gasteiger partial charge in [-0.3, -0.25) is 19.3 Å². The molecule has 2 fully saturated rings. The van der Waals surface area contributed by atoms with E-state index in [1.807, 2.05) is 18.9 Å². The topological polar surface area (TPSA) is 161 Å². The van der Waals surface area contributed by atoms with Gasteiger partial charge in [-0.25, -0.2) is 0 Å². The lowest BCUT2D eigenvalue weighted by Crippen LogP contribution is -2.61. The van der Waals surface area contributed by atoms with E-state index in [0.29, 0.717) is 19.4 Å². The summed E-state index contributed by atoms with van der Waals surface area (Å²) in [6.07, 6.45) is -0.579. The van der Waals surface area contributed by atoms with E-state index < -0.39 is 83.6 Å². The zero-order chi connectivity index (χ0) is 36.0. The highest BCUT2D eigenvalue weighted by atomic mass is 16.7. The second kappa shape index (κ2) is 17.0. The molecule has 2 heterocycles. The van der Waals surface area contributed by atoms with Crippen LogP contribution < -0.4 is 0 Å². The van der Waals surface area contributed by atoms with Crippen LogP contribution in [0.15, 0.2) is 0 Å². The van der Waals surface area contributed by atoms with Gasteiger partial charge in [0.15, 0.2) is 12.4 Å². The Morgan fingerprint density at radius 1 is 1.13 bits per heavy atom. The van der Waals surface area contributed by atoms with E-state index in [0.717, 1.165) is 0 Å². The van der Waals surface area contributed by atoms with Crippen molar-refractivity contribution in [3.8, 4) is 12.3 Å². The molecule has 0 aromatic heterocycles. The first-order valence-electron chi connectivity index (χ1n) is 16.8. The van der Waals surface area contributed by atoms with E-state index >= 15 is 0 Å². The molecular formula is C35H59NO11. The van der Waals surface area contributed by atoms with Crippen LogP contribution in [0, 0.1) is 36.0 Å². The Morgan fingerprint density at radius 2 is 1.74 bits per heavy atom. The third kappa shape index (κ3) is 9.53. The summed E-state index contributed by atoms with van der Waals surface area (Å²) in [6.45, 7) is 15.0. The zero-order valence-electron chi connectivity index (χ0n) is 30.1. The number of carbonyl (C=O) groups excluding carboxylic acids is 3. The Bertz CT molecular complexity index is 1110. The van der Waals surface area contributed by atoms with Crippen LogP contribution in [-0.2, 0) is 38.1 Å². The van der Waals surface area contributed by atoms with Crippen LogP contribution in [0.4, 0.5) is 0 Å². The second-order valence-corrected chi connectivity index (χ2v) is 14.1. The highest BCUT2D eigenvalue weighted by molar-refractivity contribution is 5.83. The zero-order valence-corrected chi connectivity index (χ0v) is 30.1. The van der Waals surface area contributed by atoms with Gasteiger partial charge in [0, 0.05) is 44.8 Å². The van der Waals surface area contributed by atoms with Crippen molar-refractivity contribution in [2.45, 2.75) is 148 Å². The Morgan fingerprint density at radius 3 is 2.28 bits per heavy atom. The average Bonchev–Trinajstić information content (AvgIpc) is 3.02. The molecule has 0 aromatic carbocycles. The SMILES string of the molecule is C#CCCN(C)[C@H]1C[C@@H](C)OC(O[C@@H]2[C@@H](C)[C@H](O)[C@@H](C)C(=O)O[C@H](CC)[C@@](C)(O)[C@H](O)[C@@H](C)C(=O)[C@H](C)C[C@@]2(C)OC)[C@@H]1OC(C)=O. The van der Waals surface area contributed by atoms with E-state index in [2.05, 4.69) is 5.92 Å². The number of Topliss-reactive ketones (excluding diaryl/α,β-unsaturated/α-hetero) is 1. The van der Waals surface area contributed by atoms with Gasteiger partial charge in [-0.2, -0.15) is 0 Å². The number of aliphatic hydroxyl groups is 3. The number of hydrogen-bond acceptors (Lipinski definition) is 12.